The van der Waals surface area contributed by atoms with Gasteiger partial charge >= 0.3 is 0 Å². The van der Waals surface area contributed by atoms with Gasteiger partial charge in [-0.05, 0) is 71.8 Å². The summed E-state index contributed by atoms with van der Waals surface area (Å²) in [6.07, 6.45) is 0.748. The maximum absolute atomic E-state index is 13.4. The number of nitrogens with one attached hydrogen (secondary N) is 1. The third-order valence-electron chi connectivity index (χ3n) is 5.33. The van der Waals surface area contributed by atoms with Crippen molar-refractivity contribution in [2.75, 3.05) is 0 Å². The summed E-state index contributed by atoms with van der Waals surface area (Å²) in [5.74, 6) is -0.556. The summed E-state index contributed by atoms with van der Waals surface area (Å²) in [6, 6.07) is 20.6. The molecule has 2 unspecified atom stereocenters. The van der Waals surface area contributed by atoms with Gasteiger partial charge in [-0.25, -0.2) is 8.78 Å². The molecule has 2 nitrogen and oxygen atoms in total. The van der Waals surface area contributed by atoms with Crippen molar-refractivity contribution < 1.29 is 13.6 Å². The van der Waals surface area contributed by atoms with Gasteiger partial charge in [-0.15, -0.1) is 0 Å². The summed E-state index contributed by atoms with van der Waals surface area (Å²) in [7, 11) is 0. The summed E-state index contributed by atoms with van der Waals surface area (Å²) in [6.45, 7) is 1.95. The molecule has 4 heteroatoms. The van der Waals surface area contributed by atoms with E-state index in [9.17, 15) is 13.6 Å². The van der Waals surface area contributed by atoms with E-state index in [4.69, 9.17) is 0 Å². The molecule has 142 valence electrons. The zero-order valence-electron chi connectivity index (χ0n) is 15.5. The smallest absolute Gasteiger partial charge is 0.224 e. The third kappa shape index (κ3) is 3.96. The van der Waals surface area contributed by atoms with E-state index in [2.05, 4.69) is 5.32 Å². The Morgan fingerprint density at radius 1 is 0.929 bits per heavy atom. The van der Waals surface area contributed by atoms with Crippen LogP contribution in [0.1, 0.15) is 36.4 Å². The van der Waals surface area contributed by atoms with Crippen LogP contribution in [-0.4, -0.2) is 5.91 Å². The van der Waals surface area contributed by atoms with Crippen molar-refractivity contribution in [1.82, 2.24) is 5.32 Å². The summed E-state index contributed by atoms with van der Waals surface area (Å²) >= 11 is 0. The van der Waals surface area contributed by atoms with Crippen LogP contribution < -0.4 is 5.32 Å². The van der Waals surface area contributed by atoms with Crippen molar-refractivity contribution in [3.05, 3.63) is 95.6 Å². The summed E-state index contributed by atoms with van der Waals surface area (Å²) in [4.78, 5) is 12.6. The predicted molar refractivity (Wildman–Crippen MR) is 106 cm³/mol. The molecule has 1 fully saturated rings. The minimum absolute atomic E-state index is 0.00561. The number of benzene rings is 3. The Labute approximate surface area is 163 Å². The molecule has 1 aliphatic carbocycles. The second-order valence-corrected chi connectivity index (χ2v) is 7.37. The van der Waals surface area contributed by atoms with Crippen LogP contribution in [0.2, 0.25) is 0 Å². The normalized spacial score (nSPS) is 19.1. The fraction of sp³-hybridized carbons (Fsp3) is 0.208. The Balaban J connectivity index is 1.43. The van der Waals surface area contributed by atoms with Crippen LogP contribution in [-0.2, 0) is 4.79 Å². The first kappa shape index (κ1) is 18.4. The van der Waals surface area contributed by atoms with Gasteiger partial charge < -0.3 is 5.32 Å². The van der Waals surface area contributed by atoms with Gasteiger partial charge in [0.15, 0.2) is 0 Å². The second kappa shape index (κ2) is 7.55. The second-order valence-electron chi connectivity index (χ2n) is 7.37. The number of hydrogen-bond donors (Lipinski definition) is 1. The van der Waals surface area contributed by atoms with E-state index in [-0.39, 0.29) is 35.4 Å². The Bertz CT molecular complexity index is 999. The molecule has 0 aliphatic heterocycles. The average molecular weight is 377 g/mol. The number of carbonyl (C=O) groups excluding carboxylic acids is 1. The maximum Gasteiger partial charge on any atom is 0.224 e. The minimum atomic E-state index is -0.269. The first-order chi connectivity index (χ1) is 13.5. The highest BCUT2D eigenvalue weighted by Gasteiger charge is 2.44. The SMILES string of the molecule is C[C@H](NC(=O)C1CC1c1cccc(F)c1)c1cccc(-c2ccc(F)cc2)c1. The van der Waals surface area contributed by atoms with Crippen LogP contribution in [0.4, 0.5) is 8.78 Å². The maximum atomic E-state index is 13.4. The summed E-state index contributed by atoms with van der Waals surface area (Å²) in [5.41, 5.74) is 3.77. The molecule has 28 heavy (non-hydrogen) atoms. The van der Waals surface area contributed by atoms with E-state index in [0.717, 1.165) is 28.7 Å². The van der Waals surface area contributed by atoms with Crippen molar-refractivity contribution in [3.63, 3.8) is 0 Å². The van der Waals surface area contributed by atoms with E-state index in [1.54, 1.807) is 18.2 Å². The molecule has 3 aromatic rings. The van der Waals surface area contributed by atoms with E-state index in [0.29, 0.717) is 0 Å². The standard InChI is InChI=1S/C24H21F2NO/c1-15(17-4-2-5-18(12-17)16-8-10-20(25)11-9-16)27-24(28)23-14-22(23)19-6-3-7-21(26)13-19/h2-13,15,22-23H,14H2,1H3,(H,27,28)/t15-,22?,23?/m0/s1. The fourth-order valence-electron chi connectivity index (χ4n) is 3.62. The lowest BCUT2D eigenvalue weighted by Gasteiger charge is -2.16. The number of amides is 1. The molecule has 0 heterocycles. The average Bonchev–Trinajstić information content (AvgIpc) is 3.50. The summed E-state index contributed by atoms with van der Waals surface area (Å²) in [5, 5.41) is 3.07. The quantitative estimate of drug-likeness (QED) is 0.615. The fourth-order valence-corrected chi connectivity index (χ4v) is 3.62. The zero-order chi connectivity index (χ0) is 19.7. The number of carbonyl (C=O) groups is 1. The molecule has 1 aliphatic rings. The van der Waals surface area contributed by atoms with Crippen LogP contribution in [0.15, 0.2) is 72.8 Å². The number of hydrogen-bond acceptors (Lipinski definition) is 1. The van der Waals surface area contributed by atoms with Crippen LogP contribution in [0.3, 0.4) is 0 Å². The lowest BCUT2D eigenvalue weighted by atomic mass is 10.00. The molecule has 3 aromatic carbocycles. The van der Waals surface area contributed by atoms with Crippen LogP contribution in [0.25, 0.3) is 11.1 Å². The molecular weight excluding hydrogens is 356 g/mol. The third-order valence-corrected chi connectivity index (χ3v) is 5.33. The molecule has 4 rings (SSSR count). The Morgan fingerprint density at radius 3 is 2.43 bits per heavy atom. The van der Waals surface area contributed by atoms with E-state index >= 15 is 0 Å². The van der Waals surface area contributed by atoms with Gasteiger partial charge in [0, 0.05) is 5.92 Å². The molecule has 1 amide bonds. The predicted octanol–water partition coefficient (Wildman–Crippen LogP) is 5.61. The first-order valence-electron chi connectivity index (χ1n) is 9.43. The van der Waals surface area contributed by atoms with Crippen LogP contribution >= 0.6 is 0 Å². The van der Waals surface area contributed by atoms with Crippen molar-refractivity contribution >= 4 is 5.91 Å². The Kier molecular flexibility index (Phi) is 4.95. The molecule has 1 N–H and O–H groups in total. The molecule has 0 saturated heterocycles. The number of halogens is 2. The van der Waals surface area contributed by atoms with Gasteiger partial charge in [0.1, 0.15) is 11.6 Å². The van der Waals surface area contributed by atoms with Gasteiger partial charge in [0.05, 0.1) is 6.04 Å². The highest BCUT2D eigenvalue weighted by atomic mass is 19.1. The van der Waals surface area contributed by atoms with Gasteiger partial charge in [-0.1, -0.05) is 42.5 Å². The van der Waals surface area contributed by atoms with Crippen molar-refractivity contribution in [2.45, 2.75) is 25.3 Å². The molecule has 0 spiro atoms. The Morgan fingerprint density at radius 2 is 1.68 bits per heavy atom. The summed E-state index contributed by atoms with van der Waals surface area (Å²) < 4.78 is 26.5. The van der Waals surface area contributed by atoms with Crippen molar-refractivity contribution in [2.24, 2.45) is 5.92 Å². The zero-order valence-corrected chi connectivity index (χ0v) is 15.5. The highest BCUT2D eigenvalue weighted by molar-refractivity contribution is 5.83. The molecular formula is C24H21F2NO. The van der Waals surface area contributed by atoms with Gasteiger partial charge in [0.2, 0.25) is 5.91 Å². The Hall–Kier alpha value is -3.01. The van der Waals surface area contributed by atoms with E-state index in [1.165, 1.54) is 24.3 Å². The molecule has 0 aromatic heterocycles. The molecule has 1 saturated carbocycles. The highest BCUT2D eigenvalue weighted by Crippen LogP contribution is 2.47. The first-order valence-corrected chi connectivity index (χ1v) is 9.43. The molecule has 0 bridgehead atoms. The van der Waals surface area contributed by atoms with Crippen LogP contribution in [0, 0.1) is 17.6 Å². The topological polar surface area (TPSA) is 29.1 Å². The van der Waals surface area contributed by atoms with Crippen LogP contribution in [0.5, 0.6) is 0 Å². The lowest BCUT2D eigenvalue weighted by molar-refractivity contribution is -0.123. The van der Waals surface area contributed by atoms with E-state index in [1.807, 2.05) is 37.3 Å². The number of rotatable bonds is 5. The van der Waals surface area contributed by atoms with Crippen molar-refractivity contribution in [1.29, 1.82) is 0 Å². The largest absolute Gasteiger partial charge is 0.349 e. The minimum Gasteiger partial charge on any atom is -0.349 e. The van der Waals surface area contributed by atoms with Crippen molar-refractivity contribution in [3.8, 4) is 11.1 Å². The lowest BCUT2D eigenvalue weighted by Crippen LogP contribution is -2.28. The van der Waals surface area contributed by atoms with Gasteiger partial charge in [-0.3, -0.25) is 4.79 Å². The molecule has 0 radical (unpaired) electrons. The van der Waals surface area contributed by atoms with Gasteiger partial charge in [0.25, 0.3) is 0 Å². The van der Waals surface area contributed by atoms with Gasteiger partial charge in [-0.2, -0.15) is 0 Å². The molecule has 3 atom stereocenters. The van der Waals surface area contributed by atoms with E-state index < -0.39 is 0 Å². The monoisotopic (exact) mass is 377 g/mol.